The molecular weight excluding hydrogens is 194 g/mol. The van der Waals surface area contributed by atoms with Crippen LogP contribution in [0.15, 0.2) is 0 Å². The van der Waals surface area contributed by atoms with Crippen molar-refractivity contribution in [3.63, 3.8) is 0 Å². The summed E-state index contributed by atoms with van der Waals surface area (Å²) in [7, 11) is 0. The van der Waals surface area contributed by atoms with Crippen LogP contribution in [0.4, 0.5) is 0 Å². The standard InChI is InChI=1S/C11H21NO3/c1-7-6-12-9(8(2)14-7)10(13)15-11(3,4)5/h7-9,12H,6H2,1-5H3/t7-,8-,9?/m1/s1. The number of esters is 1. The van der Waals surface area contributed by atoms with E-state index in [4.69, 9.17) is 9.47 Å². The van der Waals surface area contributed by atoms with Crippen LogP contribution in [0.3, 0.4) is 0 Å². The van der Waals surface area contributed by atoms with Crippen LogP contribution in [0.1, 0.15) is 34.6 Å². The molecule has 1 rings (SSSR count). The molecule has 1 heterocycles. The summed E-state index contributed by atoms with van der Waals surface area (Å²) in [6.07, 6.45) is 0.0160. The Morgan fingerprint density at radius 2 is 2.00 bits per heavy atom. The minimum Gasteiger partial charge on any atom is -0.459 e. The van der Waals surface area contributed by atoms with Crippen LogP contribution in [-0.2, 0) is 14.3 Å². The lowest BCUT2D eigenvalue weighted by molar-refractivity contribution is -0.165. The summed E-state index contributed by atoms with van der Waals surface area (Å²) < 4.78 is 10.9. The van der Waals surface area contributed by atoms with Gasteiger partial charge >= 0.3 is 5.97 Å². The van der Waals surface area contributed by atoms with Crippen molar-refractivity contribution in [1.29, 1.82) is 0 Å². The van der Waals surface area contributed by atoms with Gasteiger partial charge in [0.15, 0.2) is 0 Å². The highest BCUT2D eigenvalue weighted by Gasteiger charge is 2.34. The maximum Gasteiger partial charge on any atom is 0.326 e. The highest BCUT2D eigenvalue weighted by atomic mass is 16.6. The first-order valence-corrected chi connectivity index (χ1v) is 5.41. The molecule has 0 aliphatic carbocycles. The third-order valence-corrected chi connectivity index (χ3v) is 2.20. The molecule has 3 atom stereocenters. The van der Waals surface area contributed by atoms with Gasteiger partial charge in [0.2, 0.25) is 0 Å². The fraction of sp³-hybridized carbons (Fsp3) is 0.909. The lowest BCUT2D eigenvalue weighted by Gasteiger charge is -2.34. The zero-order valence-electron chi connectivity index (χ0n) is 10.2. The van der Waals surface area contributed by atoms with Gasteiger partial charge in [-0.1, -0.05) is 0 Å². The molecule has 1 N–H and O–H groups in total. The van der Waals surface area contributed by atoms with E-state index in [-0.39, 0.29) is 24.2 Å². The number of ether oxygens (including phenoxy) is 2. The van der Waals surface area contributed by atoms with Gasteiger partial charge in [-0.15, -0.1) is 0 Å². The molecule has 1 unspecified atom stereocenters. The molecule has 1 saturated heterocycles. The topological polar surface area (TPSA) is 47.6 Å². The number of carbonyl (C=O) groups is 1. The van der Waals surface area contributed by atoms with Crippen molar-refractivity contribution >= 4 is 5.97 Å². The molecule has 4 nitrogen and oxygen atoms in total. The zero-order chi connectivity index (χ0) is 11.6. The van der Waals surface area contributed by atoms with Gasteiger partial charge in [0.05, 0.1) is 12.2 Å². The fourth-order valence-electron chi connectivity index (χ4n) is 1.59. The average molecular weight is 215 g/mol. The minimum absolute atomic E-state index is 0.136. The molecule has 4 heteroatoms. The Balaban J connectivity index is 2.53. The van der Waals surface area contributed by atoms with Crippen molar-refractivity contribution in [1.82, 2.24) is 5.32 Å². The molecule has 0 radical (unpaired) electrons. The first-order valence-electron chi connectivity index (χ1n) is 5.41. The Bertz CT molecular complexity index is 234. The second kappa shape index (κ2) is 4.49. The van der Waals surface area contributed by atoms with Gasteiger partial charge in [-0.2, -0.15) is 0 Å². The van der Waals surface area contributed by atoms with Crippen molar-refractivity contribution in [2.24, 2.45) is 0 Å². The molecule has 0 spiro atoms. The van der Waals surface area contributed by atoms with Crippen molar-refractivity contribution < 1.29 is 14.3 Å². The SMILES string of the molecule is C[C@@H]1CNC(C(=O)OC(C)(C)C)[C@@H](C)O1. The van der Waals surface area contributed by atoms with Crippen LogP contribution < -0.4 is 5.32 Å². The third kappa shape index (κ3) is 3.80. The van der Waals surface area contributed by atoms with Crippen LogP contribution >= 0.6 is 0 Å². The summed E-state index contributed by atoms with van der Waals surface area (Å²) in [5, 5.41) is 3.14. The maximum atomic E-state index is 11.8. The largest absolute Gasteiger partial charge is 0.459 e. The van der Waals surface area contributed by atoms with E-state index in [1.807, 2.05) is 34.6 Å². The quantitative estimate of drug-likeness (QED) is 0.665. The molecule has 0 aromatic rings. The van der Waals surface area contributed by atoms with Gasteiger partial charge in [-0.3, -0.25) is 10.1 Å². The summed E-state index contributed by atoms with van der Waals surface area (Å²) in [6, 6.07) is -0.347. The Kier molecular flexibility index (Phi) is 3.73. The smallest absolute Gasteiger partial charge is 0.326 e. The molecule has 0 amide bonds. The number of nitrogens with one attached hydrogen (secondary N) is 1. The van der Waals surface area contributed by atoms with Gasteiger partial charge < -0.3 is 9.47 Å². The van der Waals surface area contributed by atoms with Crippen LogP contribution in [0.2, 0.25) is 0 Å². The van der Waals surface area contributed by atoms with E-state index < -0.39 is 5.60 Å². The highest BCUT2D eigenvalue weighted by molar-refractivity contribution is 5.77. The number of hydrogen-bond donors (Lipinski definition) is 1. The number of morpholine rings is 1. The monoisotopic (exact) mass is 215 g/mol. The number of carbonyl (C=O) groups excluding carboxylic acids is 1. The Hall–Kier alpha value is -0.610. The molecule has 88 valence electrons. The van der Waals surface area contributed by atoms with Crippen LogP contribution in [0, 0.1) is 0 Å². The van der Waals surface area contributed by atoms with Gasteiger partial charge in [0, 0.05) is 6.54 Å². The maximum absolute atomic E-state index is 11.8. The van der Waals surface area contributed by atoms with E-state index in [1.165, 1.54) is 0 Å². The molecule has 0 aromatic heterocycles. The van der Waals surface area contributed by atoms with Gasteiger partial charge in [0.25, 0.3) is 0 Å². The van der Waals surface area contributed by atoms with E-state index in [2.05, 4.69) is 5.32 Å². The summed E-state index contributed by atoms with van der Waals surface area (Å²) in [5.74, 6) is -0.234. The van der Waals surface area contributed by atoms with E-state index in [1.54, 1.807) is 0 Å². The summed E-state index contributed by atoms with van der Waals surface area (Å²) >= 11 is 0. The summed E-state index contributed by atoms with van der Waals surface area (Å²) in [4.78, 5) is 11.8. The van der Waals surface area contributed by atoms with E-state index in [0.29, 0.717) is 6.54 Å². The van der Waals surface area contributed by atoms with Crippen molar-refractivity contribution in [2.75, 3.05) is 6.54 Å². The molecule has 1 fully saturated rings. The van der Waals surface area contributed by atoms with E-state index >= 15 is 0 Å². The first kappa shape index (κ1) is 12.5. The fourth-order valence-corrected chi connectivity index (χ4v) is 1.59. The molecule has 0 saturated carbocycles. The average Bonchev–Trinajstić information content (AvgIpc) is 1.99. The normalized spacial score (nSPS) is 32.5. The van der Waals surface area contributed by atoms with Crippen molar-refractivity contribution in [2.45, 2.75) is 58.5 Å². The predicted molar refractivity (Wildman–Crippen MR) is 57.6 cm³/mol. The summed E-state index contributed by atoms with van der Waals surface area (Å²) in [6.45, 7) is 10.1. The van der Waals surface area contributed by atoms with Gasteiger partial charge in [-0.05, 0) is 34.6 Å². The number of hydrogen-bond acceptors (Lipinski definition) is 4. The molecular formula is C11H21NO3. The molecule has 1 aliphatic heterocycles. The first-order chi connectivity index (χ1) is 6.79. The zero-order valence-corrected chi connectivity index (χ0v) is 10.2. The lowest BCUT2D eigenvalue weighted by Crippen LogP contribution is -2.55. The molecule has 15 heavy (non-hydrogen) atoms. The Morgan fingerprint density at radius 3 is 2.47 bits per heavy atom. The molecule has 0 aromatic carbocycles. The van der Waals surface area contributed by atoms with Gasteiger partial charge in [0.1, 0.15) is 11.6 Å². The third-order valence-electron chi connectivity index (χ3n) is 2.20. The van der Waals surface area contributed by atoms with Crippen LogP contribution in [-0.4, -0.2) is 36.4 Å². The Morgan fingerprint density at radius 1 is 1.40 bits per heavy atom. The lowest BCUT2D eigenvalue weighted by atomic mass is 10.1. The molecule has 0 bridgehead atoms. The minimum atomic E-state index is -0.443. The highest BCUT2D eigenvalue weighted by Crippen LogP contribution is 2.14. The van der Waals surface area contributed by atoms with Gasteiger partial charge in [-0.25, -0.2) is 0 Å². The van der Waals surface area contributed by atoms with E-state index in [0.717, 1.165) is 0 Å². The van der Waals surface area contributed by atoms with Crippen molar-refractivity contribution in [3.8, 4) is 0 Å². The van der Waals surface area contributed by atoms with Crippen LogP contribution in [0.25, 0.3) is 0 Å². The van der Waals surface area contributed by atoms with Crippen LogP contribution in [0.5, 0.6) is 0 Å². The predicted octanol–water partition coefficient (Wildman–Crippen LogP) is 1.09. The van der Waals surface area contributed by atoms with Crippen molar-refractivity contribution in [3.05, 3.63) is 0 Å². The molecule has 1 aliphatic rings. The second-order valence-corrected chi connectivity index (χ2v) is 5.07. The summed E-state index contributed by atoms with van der Waals surface area (Å²) in [5.41, 5.74) is -0.443. The second-order valence-electron chi connectivity index (χ2n) is 5.07. The Labute approximate surface area is 91.3 Å². The number of rotatable bonds is 1. The van der Waals surface area contributed by atoms with E-state index in [9.17, 15) is 4.79 Å².